The molecular formula is C9H18N2. The van der Waals surface area contributed by atoms with Crippen LogP contribution in [0.4, 0.5) is 0 Å². The lowest BCUT2D eigenvalue weighted by atomic mass is 10.2. The van der Waals surface area contributed by atoms with Crippen LogP contribution in [0.2, 0.25) is 0 Å². The Bertz CT molecular complexity index is 163. The molecule has 0 aliphatic carbocycles. The van der Waals surface area contributed by atoms with Gasteiger partial charge in [0.15, 0.2) is 0 Å². The van der Waals surface area contributed by atoms with Crippen molar-refractivity contribution in [2.75, 3.05) is 6.54 Å². The molecule has 0 aromatic carbocycles. The maximum absolute atomic E-state index is 4.51. The molecule has 0 saturated carbocycles. The van der Waals surface area contributed by atoms with Gasteiger partial charge in [-0.2, -0.15) is 0 Å². The fraction of sp³-hybridized carbons (Fsp3) is 0.889. The molecule has 0 fully saturated rings. The average molecular weight is 154 g/mol. The Hall–Kier alpha value is -0.530. The van der Waals surface area contributed by atoms with Gasteiger partial charge in [-0.05, 0) is 27.2 Å². The largest absolute Gasteiger partial charge is 0.356 e. The summed E-state index contributed by atoms with van der Waals surface area (Å²) < 4.78 is 0. The highest BCUT2D eigenvalue weighted by molar-refractivity contribution is 5.82. The van der Waals surface area contributed by atoms with Gasteiger partial charge in [0, 0.05) is 12.6 Å². The molecule has 0 saturated heterocycles. The minimum absolute atomic E-state index is 0.488. The molecule has 0 aromatic rings. The van der Waals surface area contributed by atoms with E-state index < -0.39 is 0 Å². The summed E-state index contributed by atoms with van der Waals surface area (Å²) >= 11 is 0. The van der Waals surface area contributed by atoms with Crippen LogP contribution in [0.1, 0.15) is 34.1 Å². The Morgan fingerprint density at radius 2 is 2.09 bits per heavy atom. The molecule has 0 N–H and O–H groups in total. The predicted octanol–water partition coefficient (Wildman–Crippen LogP) is 1.91. The van der Waals surface area contributed by atoms with Crippen molar-refractivity contribution in [3.05, 3.63) is 0 Å². The van der Waals surface area contributed by atoms with E-state index in [9.17, 15) is 0 Å². The molecule has 2 nitrogen and oxygen atoms in total. The summed E-state index contributed by atoms with van der Waals surface area (Å²) in [6.45, 7) is 9.91. The molecule has 1 heterocycles. The summed E-state index contributed by atoms with van der Waals surface area (Å²) in [5.41, 5.74) is 0. The highest BCUT2D eigenvalue weighted by Crippen LogP contribution is 2.16. The molecule has 0 bridgehead atoms. The maximum Gasteiger partial charge on any atom is 0.0964 e. The van der Waals surface area contributed by atoms with Crippen LogP contribution in [0.25, 0.3) is 0 Å². The van der Waals surface area contributed by atoms with E-state index in [1.807, 2.05) is 0 Å². The number of amidine groups is 1. The summed E-state index contributed by atoms with van der Waals surface area (Å²) in [6, 6.07) is 1.09. The van der Waals surface area contributed by atoms with Gasteiger partial charge in [0.25, 0.3) is 0 Å². The molecule has 2 heteroatoms. The predicted molar refractivity (Wildman–Crippen MR) is 49.0 cm³/mol. The first-order chi connectivity index (χ1) is 5.16. The smallest absolute Gasteiger partial charge is 0.0964 e. The molecule has 0 spiro atoms. The number of aliphatic imine (C=N–C) groups is 1. The Kier molecular flexibility index (Phi) is 2.53. The minimum atomic E-state index is 0.488. The zero-order valence-electron chi connectivity index (χ0n) is 7.96. The van der Waals surface area contributed by atoms with Crippen molar-refractivity contribution in [3.8, 4) is 0 Å². The maximum atomic E-state index is 4.51. The van der Waals surface area contributed by atoms with E-state index in [1.165, 1.54) is 12.3 Å². The summed E-state index contributed by atoms with van der Waals surface area (Å²) in [5, 5.41) is 0. The third-order valence-corrected chi connectivity index (χ3v) is 2.46. The topological polar surface area (TPSA) is 15.6 Å². The Morgan fingerprint density at radius 3 is 2.45 bits per heavy atom. The van der Waals surface area contributed by atoms with E-state index in [2.05, 4.69) is 37.6 Å². The van der Waals surface area contributed by atoms with E-state index in [-0.39, 0.29) is 0 Å². The van der Waals surface area contributed by atoms with Gasteiger partial charge in [0.05, 0.1) is 11.9 Å². The second-order valence-electron chi connectivity index (χ2n) is 3.35. The van der Waals surface area contributed by atoms with Crippen molar-refractivity contribution < 1.29 is 0 Å². The van der Waals surface area contributed by atoms with Gasteiger partial charge >= 0.3 is 0 Å². The lowest BCUT2D eigenvalue weighted by Gasteiger charge is -2.24. The summed E-state index contributed by atoms with van der Waals surface area (Å²) in [6.07, 6.45) is 1.21. The minimum Gasteiger partial charge on any atom is -0.356 e. The van der Waals surface area contributed by atoms with Crippen LogP contribution >= 0.6 is 0 Å². The molecule has 11 heavy (non-hydrogen) atoms. The fourth-order valence-corrected chi connectivity index (χ4v) is 1.64. The summed E-state index contributed by atoms with van der Waals surface area (Å²) in [7, 11) is 0. The average Bonchev–Trinajstić information content (AvgIpc) is 2.17. The highest BCUT2D eigenvalue weighted by Gasteiger charge is 2.25. The first kappa shape index (κ1) is 8.57. The second-order valence-corrected chi connectivity index (χ2v) is 3.35. The quantitative estimate of drug-likeness (QED) is 0.593. The van der Waals surface area contributed by atoms with Crippen LogP contribution < -0.4 is 0 Å². The van der Waals surface area contributed by atoms with Gasteiger partial charge in [-0.25, -0.2) is 0 Å². The normalized spacial score (nSPS) is 30.9. The van der Waals surface area contributed by atoms with Crippen molar-refractivity contribution in [3.63, 3.8) is 0 Å². The van der Waals surface area contributed by atoms with Gasteiger partial charge in [-0.15, -0.1) is 0 Å². The van der Waals surface area contributed by atoms with Gasteiger partial charge in [0.1, 0.15) is 0 Å². The van der Waals surface area contributed by atoms with E-state index >= 15 is 0 Å². The van der Waals surface area contributed by atoms with E-state index in [4.69, 9.17) is 0 Å². The van der Waals surface area contributed by atoms with Gasteiger partial charge in [0.2, 0.25) is 0 Å². The molecule has 0 aromatic heterocycles. The fourth-order valence-electron chi connectivity index (χ4n) is 1.64. The molecule has 1 rings (SSSR count). The summed E-state index contributed by atoms with van der Waals surface area (Å²) in [4.78, 5) is 6.91. The van der Waals surface area contributed by atoms with Crippen LogP contribution in [0.3, 0.4) is 0 Å². The van der Waals surface area contributed by atoms with Crippen LogP contribution in [-0.4, -0.2) is 29.4 Å². The number of hydrogen-bond donors (Lipinski definition) is 0. The van der Waals surface area contributed by atoms with Crippen molar-refractivity contribution in [1.82, 2.24) is 4.90 Å². The first-order valence-corrected chi connectivity index (χ1v) is 4.47. The van der Waals surface area contributed by atoms with Crippen LogP contribution in [0.5, 0.6) is 0 Å². The van der Waals surface area contributed by atoms with Crippen LogP contribution in [0.15, 0.2) is 4.99 Å². The van der Waals surface area contributed by atoms with E-state index in [0.29, 0.717) is 12.1 Å². The Labute approximate surface area is 69.3 Å². The monoisotopic (exact) mass is 154 g/mol. The van der Waals surface area contributed by atoms with Crippen molar-refractivity contribution in [2.45, 2.75) is 46.2 Å². The van der Waals surface area contributed by atoms with E-state index in [0.717, 1.165) is 6.54 Å². The lowest BCUT2D eigenvalue weighted by Crippen LogP contribution is -2.36. The van der Waals surface area contributed by atoms with Gasteiger partial charge in [-0.3, -0.25) is 4.99 Å². The highest BCUT2D eigenvalue weighted by atomic mass is 15.3. The van der Waals surface area contributed by atoms with Crippen molar-refractivity contribution >= 4 is 5.84 Å². The number of nitrogens with zero attached hydrogens (tertiary/aromatic N) is 2. The second kappa shape index (κ2) is 3.24. The van der Waals surface area contributed by atoms with Crippen molar-refractivity contribution in [1.29, 1.82) is 0 Å². The molecular weight excluding hydrogens is 136 g/mol. The zero-order chi connectivity index (χ0) is 8.43. The Morgan fingerprint density at radius 1 is 1.45 bits per heavy atom. The van der Waals surface area contributed by atoms with E-state index in [1.54, 1.807) is 0 Å². The SMILES string of the molecule is CCCN1C(C)=NC(C)C1C. The van der Waals surface area contributed by atoms with Gasteiger partial charge < -0.3 is 4.90 Å². The molecule has 1 aliphatic heterocycles. The van der Waals surface area contributed by atoms with Crippen molar-refractivity contribution in [2.24, 2.45) is 4.99 Å². The molecule has 64 valence electrons. The third kappa shape index (κ3) is 1.55. The lowest BCUT2D eigenvalue weighted by molar-refractivity contribution is 0.330. The standard InChI is InChI=1S/C9H18N2/c1-5-6-11-8(3)7(2)10-9(11)4/h7-8H,5-6H2,1-4H3. The molecule has 2 unspecified atom stereocenters. The number of hydrogen-bond acceptors (Lipinski definition) is 2. The third-order valence-electron chi connectivity index (χ3n) is 2.46. The van der Waals surface area contributed by atoms with Crippen LogP contribution in [-0.2, 0) is 0 Å². The molecule has 0 radical (unpaired) electrons. The first-order valence-electron chi connectivity index (χ1n) is 4.47. The zero-order valence-corrected chi connectivity index (χ0v) is 7.96. The summed E-state index contributed by atoms with van der Waals surface area (Å²) in [5.74, 6) is 1.21. The molecule has 2 atom stereocenters. The Balaban J connectivity index is 2.59. The van der Waals surface area contributed by atoms with Gasteiger partial charge in [-0.1, -0.05) is 6.92 Å². The molecule has 0 amide bonds. The number of rotatable bonds is 2. The molecule has 1 aliphatic rings. The van der Waals surface area contributed by atoms with Crippen LogP contribution in [0, 0.1) is 0 Å².